The Balaban J connectivity index is 1.73. The van der Waals surface area contributed by atoms with E-state index in [9.17, 15) is 0 Å². The van der Waals surface area contributed by atoms with E-state index in [1.807, 2.05) is 0 Å². The molecule has 2 aliphatic carbocycles. The minimum atomic E-state index is 0.499. The van der Waals surface area contributed by atoms with Crippen molar-refractivity contribution in [1.82, 2.24) is 5.32 Å². The molecular weight excluding hydrogens is 298 g/mol. The molecule has 4 atom stereocenters. The first-order valence-electron chi connectivity index (χ1n) is 7.60. The zero-order valence-electron chi connectivity index (χ0n) is 12.0. The van der Waals surface area contributed by atoms with Crippen LogP contribution < -0.4 is 5.32 Å². The fourth-order valence-corrected chi connectivity index (χ4v) is 5.05. The largest absolute Gasteiger partial charge is 0.313 e. The molecule has 0 aliphatic heterocycles. The van der Waals surface area contributed by atoms with Gasteiger partial charge in [-0.1, -0.05) is 34.5 Å². The molecule has 1 aromatic rings. The predicted octanol–water partition coefficient (Wildman–Crippen LogP) is 4.84. The topological polar surface area (TPSA) is 12.0 Å². The SMILES string of the molecule is CNC(CC1CC2CCC1C2)c1ccc(C)cc1Br. The van der Waals surface area contributed by atoms with Crippen molar-refractivity contribution in [1.29, 1.82) is 0 Å². The average molecular weight is 322 g/mol. The number of hydrogen-bond donors (Lipinski definition) is 1. The van der Waals surface area contributed by atoms with Crippen molar-refractivity contribution in [3.8, 4) is 0 Å². The number of benzene rings is 1. The van der Waals surface area contributed by atoms with E-state index in [1.54, 1.807) is 0 Å². The zero-order chi connectivity index (χ0) is 13.4. The Morgan fingerprint density at radius 3 is 2.74 bits per heavy atom. The van der Waals surface area contributed by atoms with Crippen molar-refractivity contribution in [3.05, 3.63) is 33.8 Å². The zero-order valence-corrected chi connectivity index (χ0v) is 13.5. The van der Waals surface area contributed by atoms with Gasteiger partial charge in [-0.05, 0) is 74.6 Å². The monoisotopic (exact) mass is 321 g/mol. The van der Waals surface area contributed by atoms with Gasteiger partial charge in [-0.3, -0.25) is 0 Å². The van der Waals surface area contributed by atoms with Crippen molar-refractivity contribution in [2.45, 2.75) is 45.1 Å². The van der Waals surface area contributed by atoms with E-state index in [0.717, 1.165) is 17.8 Å². The van der Waals surface area contributed by atoms with Crippen molar-refractivity contribution in [3.63, 3.8) is 0 Å². The number of nitrogens with one attached hydrogen (secondary N) is 1. The van der Waals surface area contributed by atoms with Crippen LogP contribution in [-0.2, 0) is 0 Å². The van der Waals surface area contributed by atoms with Crippen LogP contribution >= 0.6 is 15.9 Å². The molecule has 104 valence electrons. The van der Waals surface area contributed by atoms with Crippen LogP contribution in [-0.4, -0.2) is 7.05 Å². The summed E-state index contributed by atoms with van der Waals surface area (Å²) in [7, 11) is 2.10. The molecule has 19 heavy (non-hydrogen) atoms. The first-order valence-corrected chi connectivity index (χ1v) is 8.40. The standard InChI is InChI=1S/C17H24BrN/c1-11-3-6-15(16(18)7-11)17(19-2)10-14-9-12-4-5-13(14)8-12/h3,6-7,12-14,17,19H,4-5,8-10H2,1-2H3. The first-order chi connectivity index (χ1) is 9.17. The van der Waals surface area contributed by atoms with Crippen LogP contribution in [0.2, 0.25) is 0 Å². The van der Waals surface area contributed by atoms with E-state index >= 15 is 0 Å². The van der Waals surface area contributed by atoms with Crippen LogP contribution in [0.25, 0.3) is 0 Å². The number of aryl methyl sites for hydroxylation is 1. The number of fused-ring (bicyclic) bond motifs is 2. The average Bonchev–Trinajstić information content (AvgIpc) is 2.99. The van der Waals surface area contributed by atoms with Gasteiger partial charge in [-0.2, -0.15) is 0 Å². The molecular formula is C17H24BrN. The lowest BCUT2D eigenvalue weighted by Gasteiger charge is -2.27. The van der Waals surface area contributed by atoms with Gasteiger partial charge in [0.25, 0.3) is 0 Å². The summed E-state index contributed by atoms with van der Waals surface area (Å²) in [5.41, 5.74) is 2.75. The second kappa shape index (κ2) is 5.57. The van der Waals surface area contributed by atoms with Gasteiger partial charge in [0.1, 0.15) is 0 Å². The van der Waals surface area contributed by atoms with Crippen LogP contribution in [0.3, 0.4) is 0 Å². The van der Waals surface area contributed by atoms with Crippen LogP contribution in [0.5, 0.6) is 0 Å². The Morgan fingerprint density at radius 1 is 1.32 bits per heavy atom. The van der Waals surface area contributed by atoms with E-state index in [0.29, 0.717) is 6.04 Å². The van der Waals surface area contributed by atoms with Crippen LogP contribution in [0.4, 0.5) is 0 Å². The van der Waals surface area contributed by atoms with Gasteiger partial charge < -0.3 is 5.32 Å². The Kier molecular flexibility index (Phi) is 4.00. The fraction of sp³-hybridized carbons (Fsp3) is 0.647. The molecule has 3 rings (SSSR count). The molecule has 0 aromatic heterocycles. The molecule has 0 saturated heterocycles. The van der Waals surface area contributed by atoms with Gasteiger partial charge in [0, 0.05) is 10.5 Å². The molecule has 4 unspecified atom stereocenters. The van der Waals surface area contributed by atoms with Crippen LogP contribution in [0.15, 0.2) is 22.7 Å². The van der Waals surface area contributed by atoms with Gasteiger partial charge in [0.15, 0.2) is 0 Å². The Morgan fingerprint density at radius 2 is 2.16 bits per heavy atom. The Bertz CT molecular complexity index is 457. The second-order valence-electron chi connectivity index (χ2n) is 6.54. The molecule has 1 aromatic carbocycles. The summed E-state index contributed by atoms with van der Waals surface area (Å²) in [4.78, 5) is 0. The smallest absolute Gasteiger partial charge is 0.0331 e. The maximum Gasteiger partial charge on any atom is 0.0331 e. The molecule has 2 bridgehead atoms. The fourth-order valence-electron chi connectivity index (χ4n) is 4.28. The molecule has 0 heterocycles. The summed E-state index contributed by atoms with van der Waals surface area (Å²) in [6.07, 6.45) is 7.28. The summed E-state index contributed by atoms with van der Waals surface area (Å²) in [5.74, 6) is 3.02. The molecule has 2 saturated carbocycles. The summed E-state index contributed by atoms with van der Waals surface area (Å²) < 4.78 is 1.26. The van der Waals surface area contributed by atoms with Gasteiger partial charge >= 0.3 is 0 Å². The van der Waals surface area contributed by atoms with E-state index in [2.05, 4.69) is 53.4 Å². The van der Waals surface area contributed by atoms with Gasteiger partial charge in [-0.15, -0.1) is 0 Å². The van der Waals surface area contributed by atoms with Crippen LogP contribution in [0.1, 0.15) is 49.3 Å². The first kappa shape index (κ1) is 13.6. The highest BCUT2D eigenvalue weighted by atomic mass is 79.9. The lowest BCUT2D eigenvalue weighted by molar-refractivity contribution is 0.284. The molecule has 2 aliphatic rings. The summed E-state index contributed by atoms with van der Waals surface area (Å²) in [6, 6.07) is 7.25. The van der Waals surface area contributed by atoms with Gasteiger partial charge in [0.2, 0.25) is 0 Å². The summed E-state index contributed by atoms with van der Waals surface area (Å²) in [5, 5.41) is 3.54. The number of hydrogen-bond acceptors (Lipinski definition) is 1. The van der Waals surface area contributed by atoms with Crippen molar-refractivity contribution < 1.29 is 0 Å². The number of halogens is 1. The van der Waals surface area contributed by atoms with Gasteiger partial charge in [0.05, 0.1) is 0 Å². The third kappa shape index (κ3) is 2.75. The third-order valence-corrected chi connectivity index (χ3v) is 5.99. The molecule has 0 amide bonds. The summed E-state index contributed by atoms with van der Waals surface area (Å²) >= 11 is 3.74. The summed E-state index contributed by atoms with van der Waals surface area (Å²) in [6.45, 7) is 2.15. The van der Waals surface area contributed by atoms with Gasteiger partial charge in [-0.25, -0.2) is 0 Å². The number of rotatable bonds is 4. The normalized spacial score (nSPS) is 30.8. The van der Waals surface area contributed by atoms with Crippen molar-refractivity contribution in [2.24, 2.45) is 17.8 Å². The highest BCUT2D eigenvalue weighted by Gasteiger charge is 2.40. The van der Waals surface area contributed by atoms with Crippen LogP contribution in [0, 0.1) is 24.7 Å². The minimum absolute atomic E-state index is 0.499. The van der Waals surface area contributed by atoms with E-state index in [1.165, 1.54) is 47.7 Å². The maximum atomic E-state index is 3.74. The van der Waals surface area contributed by atoms with Crippen molar-refractivity contribution >= 4 is 15.9 Å². The highest BCUT2D eigenvalue weighted by Crippen LogP contribution is 2.51. The Labute approximate surface area is 125 Å². The maximum absolute atomic E-state index is 3.74. The second-order valence-corrected chi connectivity index (χ2v) is 7.39. The van der Waals surface area contributed by atoms with E-state index in [4.69, 9.17) is 0 Å². The molecule has 1 nitrogen and oxygen atoms in total. The minimum Gasteiger partial charge on any atom is -0.313 e. The predicted molar refractivity (Wildman–Crippen MR) is 84.2 cm³/mol. The Hall–Kier alpha value is -0.340. The van der Waals surface area contributed by atoms with E-state index < -0.39 is 0 Å². The quantitative estimate of drug-likeness (QED) is 0.836. The molecule has 1 N–H and O–H groups in total. The van der Waals surface area contributed by atoms with Crippen molar-refractivity contribution in [2.75, 3.05) is 7.05 Å². The third-order valence-electron chi connectivity index (χ3n) is 5.30. The molecule has 2 heteroatoms. The molecule has 0 radical (unpaired) electrons. The lowest BCUT2D eigenvalue weighted by atomic mass is 9.82. The molecule has 2 fully saturated rings. The lowest BCUT2D eigenvalue weighted by Crippen LogP contribution is -2.23. The highest BCUT2D eigenvalue weighted by molar-refractivity contribution is 9.10. The molecule has 0 spiro atoms. The van der Waals surface area contributed by atoms with E-state index in [-0.39, 0.29) is 0 Å².